The molecule has 2 aromatic heterocycles. The Morgan fingerprint density at radius 1 is 1.29 bits per heavy atom. The summed E-state index contributed by atoms with van der Waals surface area (Å²) in [6.45, 7) is 0.454. The minimum absolute atomic E-state index is 0.0296. The maximum Gasteiger partial charge on any atom is 0.416 e. The molecule has 3 heterocycles. The van der Waals surface area contributed by atoms with Crippen LogP contribution in [0.5, 0.6) is 0 Å². The van der Waals surface area contributed by atoms with Crippen molar-refractivity contribution in [1.82, 2.24) is 19.9 Å². The first kappa shape index (κ1) is 18.7. The summed E-state index contributed by atoms with van der Waals surface area (Å²) in [5.74, 6) is 0.597. The normalized spacial score (nSPS) is 22.3. The standard InChI is InChI=1S/C18H20F3N5O2/c1-26-6-5-22-16(26)15-12(4-7-28-15)24-17(27)25-14-9-11(18(19,20)21)8-13(23-14)10-2-3-10/h5-6,8-10,12,15H,2-4,7H2,1H3,(H2,23,24,25,27)/t12-,15-/m1/s1. The van der Waals surface area contributed by atoms with E-state index in [-0.39, 0.29) is 17.8 Å². The zero-order valence-electron chi connectivity index (χ0n) is 15.2. The van der Waals surface area contributed by atoms with Crippen LogP contribution in [0.2, 0.25) is 0 Å². The summed E-state index contributed by atoms with van der Waals surface area (Å²) in [5.41, 5.74) is -0.449. The SMILES string of the molecule is Cn1ccnc1[C@@H]1OCC[C@H]1NC(=O)Nc1cc(C(F)(F)F)cc(C2CC2)n1. The molecular formula is C18H20F3N5O2. The zero-order valence-corrected chi connectivity index (χ0v) is 15.2. The molecule has 150 valence electrons. The lowest BCUT2D eigenvalue weighted by Gasteiger charge is -2.20. The number of carbonyl (C=O) groups excluding carboxylic acids is 1. The summed E-state index contributed by atoms with van der Waals surface area (Å²) >= 11 is 0. The molecule has 1 aliphatic heterocycles. The number of amides is 2. The van der Waals surface area contributed by atoms with E-state index in [9.17, 15) is 18.0 Å². The van der Waals surface area contributed by atoms with Crippen LogP contribution in [0.15, 0.2) is 24.5 Å². The Balaban J connectivity index is 1.48. The van der Waals surface area contributed by atoms with Gasteiger partial charge in [0.2, 0.25) is 0 Å². The van der Waals surface area contributed by atoms with Crippen LogP contribution in [0.1, 0.15) is 48.4 Å². The number of carbonyl (C=O) groups is 1. The molecule has 0 unspecified atom stereocenters. The Morgan fingerprint density at radius 2 is 2.07 bits per heavy atom. The Bertz CT molecular complexity index is 878. The number of hydrogen-bond donors (Lipinski definition) is 2. The lowest BCUT2D eigenvalue weighted by atomic mass is 10.1. The Morgan fingerprint density at radius 3 is 2.71 bits per heavy atom. The first-order valence-corrected chi connectivity index (χ1v) is 9.07. The van der Waals surface area contributed by atoms with Gasteiger partial charge in [0.05, 0.1) is 11.6 Å². The van der Waals surface area contributed by atoms with E-state index in [4.69, 9.17) is 4.74 Å². The quantitative estimate of drug-likeness (QED) is 0.832. The van der Waals surface area contributed by atoms with Crippen molar-refractivity contribution in [3.8, 4) is 0 Å². The number of alkyl halides is 3. The van der Waals surface area contributed by atoms with Crippen molar-refractivity contribution in [2.24, 2.45) is 7.05 Å². The van der Waals surface area contributed by atoms with Gasteiger partial charge in [0.1, 0.15) is 17.7 Å². The Hall–Kier alpha value is -2.62. The van der Waals surface area contributed by atoms with E-state index in [2.05, 4.69) is 20.6 Å². The van der Waals surface area contributed by atoms with Gasteiger partial charge in [-0.05, 0) is 31.4 Å². The maximum absolute atomic E-state index is 13.2. The number of nitrogens with zero attached hydrogens (tertiary/aromatic N) is 3. The smallest absolute Gasteiger partial charge is 0.368 e. The number of halogens is 3. The van der Waals surface area contributed by atoms with Crippen molar-refractivity contribution in [3.05, 3.63) is 41.6 Å². The van der Waals surface area contributed by atoms with Gasteiger partial charge < -0.3 is 14.6 Å². The highest BCUT2D eigenvalue weighted by Gasteiger charge is 2.36. The van der Waals surface area contributed by atoms with Crippen LogP contribution in [0.3, 0.4) is 0 Å². The number of hydrogen-bond acceptors (Lipinski definition) is 4. The third kappa shape index (κ3) is 3.96. The first-order chi connectivity index (χ1) is 13.3. The van der Waals surface area contributed by atoms with Gasteiger partial charge in [-0.2, -0.15) is 13.2 Å². The monoisotopic (exact) mass is 395 g/mol. The molecular weight excluding hydrogens is 375 g/mol. The van der Waals surface area contributed by atoms with Gasteiger partial charge in [-0.25, -0.2) is 14.8 Å². The third-order valence-corrected chi connectivity index (χ3v) is 4.93. The highest BCUT2D eigenvalue weighted by atomic mass is 19.4. The molecule has 0 bridgehead atoms. The van der Waals surface area contributed by atoms with Crippen molar-refractivity contribution in [3.63, 3.8) is 0 Å². The summed E-state index contributed by atoms with van der Waals surface area (Å²) in [4.78, 5) is 20.8. The van der Waals surface area contributed by atoms with E-state index in [1.54, 1.807) is 17.0 Å². The molecule has 0 radical (unpaired) electrons. The number of urea groups is 1. The maximum atomic E-state index is 13.2. The molecule has 0 spiro atoms. The van der Waals surface area contributed by atoms with Crippen LogP contribution >= 0.6 is 0 Å². The second-order valence-electron chi connectivity index (χ2n) is 7.12. The lowest BCUT2D eigenvalue weighted by molar-refractivity contribution is -0.137. The number of ether oxygens (including phenoxy) is 1. The highest BCUT2D eigenvalue weighted by Crippen LogP contribution is 2.41. The van der Waals surface area contributed by atoms with E-state index < -0.39 is 23.9 Å². The van der Waals surface area contributed by atoms with Gasteiger partial charge in [0.15, 0.2) is 0 Å². The Labute approximate surface area is 159 Å². The van der Waals surface area contributed by atoms with E-state index in [1.165, 1.54) is 0 Å². The topological polar surface area (TPSA) is 81.1 Å². The highest BCUT2D eigenvalue weighted by molar-refractivity contribution is 5.88. The van der Waals surface area contributed by atoms with E-state index in [0.717, 1.165) is 25.0 Å². The minimum atomic E-state index is -4.50. The van der Waals surface area contributed by atoms with Gasteiger partial charge in [-0.15, -0.1) is 0 Å². The van der Waals surface area contributed by atoms with Gasteiger partial charge in [-0.3, -0.25) is 5.32 Å². The van der Waals surface area contributed by atoms with Crippen molar-refractivity contribution >= 4 is 11.8 Å². The van der Waals surface area contributed by atoms with Gasteiger partial charge in [0, 0.05) is 37.7 Å². The molecule has 2 amide bonds. The summed E-state index contributed by atoms with van der Waals surface area (Å²) in [6, 6.07) is 0.952. The summed E-state index contributed by atoms with van der Waals surface area (Å²) < 4.78 is 47.0. The number of nitrogens with one attached hydrogen (secondary N) is 2. The fourth-order valence-corrected chi connectivity index (χ4v) is 3.33. The van der Waals surface area contributed by atoms with Crippen LogP contribution in [-0.4, -0.2) is 33.2 Å². The number of rotatable bonds is 4. The van der Waals surface area contributed by atoms with Gasteiger partial charge in [-0.1, -0.05) is 0 Å². The van der Waals surface area contributed by atoms with Gasteiger partial charge in [0.25, 0.3) is 0 Å². The molecule has 1 saturated carbocycles. The largest absolute Gasteiger partial charge is 0.416 e. The van der Waals surface area contributed by atoms with E-state index in [1.807, 2.05) is 7.05 Å². The van der Waals surface area contributed by atoms with Crippen molar-refractivity contribution in [1.29, 1.82) is 0 Å². The van der Waals surface area contributed by atoms with Crippen LogP contribution in [0, 0.1) is 0 Å². The predicted octanol–water partition coefficient (Wildman–Crippen LogP) is 3.36. The minimum Gasteiger partial charge on any atom is -0.368 e. The molecule has 1 aliphatic carbocycles. The number of imidazole rings is 1. The molecule has 2 fully saturated rings. The molecule has 10 heteroatoms. The molecule has 28 heavy (non-hydrogen) atoms. The van der Waals surface area contributed by atoms with Gasteiger partial charge >= 0.3 is 12.2 Å². The average Bonchev–Trinajstić information content (AvgIpc) is 3.25. The molecule has 2 atom stereocenters. The molecule has 2 aromatic rings. The van der Waals surface area contributed by atoms with Crippen molar-refractivity contribution in [2.75, 3.05) is 11.9 Å². The second kappa shape index (κ2) is 7.08. The molecule has 2 aliphatic rings. The van der Waals surface area contributed by atoms with Crippen LogP contribution in [0.25, 0.3) is 0 Å². The summed E-state index contributed by atoms with van der Waals surface area (Å²) in [7, 11) is 1.83. The predicted molar refractivity (Wildman–Crippen MR) is 93.7 cm³/mol. The van der Waals surface area contributed by atoms with Crippen molar-refractivity contribution in [2.45, 2.75) is 43.5 Å². The van der Waals surface area contributed by atoms with Crippen molar-refractivity contribution < 1.29 is 22.7 Å². The Kier molecular flexibility index (Phi) is 4.74. The molecule has 2 N–H and O–H groups in total. The average molecular weight is 395 g/mol. The fraction of sp³-hybridized carbons (Fsp3) is 0.500. The third-order valence-electron chi connectivity index (χ3n) is 4.93. The number of aryl methyl sites for hydroxylation is 1. The van der Waals surface area contributed by atoms with Crippen LogP contribution < -0.4 is 10.6 Å². The first-order valence-electron chi connectivity index (χ1n) is 9.07. The summed E-state index contributed by atoms with van der Waals surface area (Å²) in [5, 5.41) is 5.21. The zero-order chi connectivity index (χ0) is 19.9. The number of aromatic nitrogens is 3. The molecule has 4 rings (SSSR count). The fourth-order valence-electron chi connectivity index (χ4n) is 3.33. The number of pyridine rings is 1. The van der Waals surface area contributed by atoms with E-state index >= 15 is 0 Å². The second-order valence-corrected chi connectivity index (χ2v) is 7.12. The van der Waals surface area contributed by atoms with Crippen LogP contribution in [0.4, 0.5) is 23.8 Å². The molecule has 0 aromatic carbocycles. The lowest BCUT2D eigenvalue weighted by Crippen LogP contribution is -2.40. The van der Waals surface area contributed by atoms with Crippen LogP contribution in [-0.2, 0) is 18.0 Å². The summed E-state index contributed by atoms with van der Waals surface area (Å²) in [6.07, 6.45) is 0.702. The molecule has 7 nitrogen and oxygen atoms in total. The van der Waals surface area contributed by atoms with E-state index in [0.29, 0.717) is 24.5 Å². The molecule has 1 saturated heterocycles. The number of anilines is 1.